The number of ether oxygens (including phenoxy) is 1. The summed E-state index contributed by atoms with van der Waals surface area (Å²) in [5, 5.41) is 19.2. The van der Waals surface area contributed by atoms with E-state index in [1.165, 1.54) is 9.48 Å². The maximum Gasteiger partial charge on any atom is 0.360 e. The van der Waals surface area contributed by atoms with Crippen LogP contribution in [0.3, 0.4) is 0 Å². The molecule has 2 aromatic heterocycles. The average Bonchev–Trinajstić information content (AvgIpc) is 2.96. The quantitative estimate of drug-likeness (QED) is 0.647. The van der Waals surface area contributed by atoms with Gasteiger partial charge in [0.05, 0.1) is 19.3 Å². The number of aryl methyl sites for hydroxylation is 1. The maximum atomic E-state index is 11.7. The monoisotopic (exact) mass is 266 g/mol. The second-order valence-corrected chi connectivity index (χ2v) is 3.66. The fourth-order valence-electron chi connectivity index (χ4n) is 1.54. The molecule has 0 atom stereocenters. The number of rotatable bonds is 5. The molecule has 0 aliphatic rings. The Hall–Kier alpha value is -2.36. The molecular weight excluding hydrogens is 252 g/mol. The van der Waals surface area contributed by atoms with E-state index in [0.29, 0.717) is 11.5 Å². The predicted molar refractivity (Wildman–Crippen MR) is 61.8 cm³/mol. The third-order valence-electron chi connectivity index (χ3n) is 2.34. The van der Waals surface area contributed by atoms with Gasteiger partial charge in [-0.25, -0.2) is 9.48 Å². The summed E-state index contributed by atoms with van der Waals surface area (Å²) in [4.78, 5) is 13.0. The number of nitrogens with zero attached hydrogens (tertiary/aromatic N) is 7. The number of aromatic nitrogens is 7. The van der Waals surface area contributed by atoms with Gasteiger partial charge in [0.15, 0.2) is 11.5 Å². The van der Waals surface area contributed by atoms with E-state index in [1.54, 1.807) is 14.0 Å². The van der Waals surface area contributed by atoms with E-state index in [0.717, 1.165) is 0 Å². The van der Waals surface area contributed by atoms with Crippen LogP contribution in [0.2, 0.25) is 0 Å². The van der Waals surface area contributed by atoms with Gasteiger partial charge in [0.25, 0.3) is 0 Å². The smallest absolute Gasteiger partial charge is 0.360 e. The minimum atomic E-state index is -0.540. The number of tetrazole rings is 1. The number of hydrogen-bond acceptors (Lipinski definition) is 8. The van der Waals surface area contributed by atoms with Gasteiger partial charge in [-0.2, -0.15) is 4.80 Å². The van der Waals surface area contributed by atoms with Gasteiger partial charge >= 0.3 is 5.97 Å². The lowest BCUT2D eigenvalue weighted by molar-refractivity contribution is 0.0518. The Morgan fingerprint density at radius 1 is 1.37 bits per heavy atom. The van der Waals surface area contributed by atoms with Gasteiger partial charge in [-0.1, -0.05) is 5.21 Å². The van der Waals surface area contributed by atoms with Crippen LogP contribution in [-0.4, -0.2) is 47.8 Å². The molecule has 0 bridgehead atoms. The first-order valence-corrected chi connectivity index (χ1v) is 5.68. The molecule has 0 amide bonds. The van der Waals surface area contributed by atoms with Crippen LogP contribution in [0.4, 0.5) is 0 Å². The fourth-order valence-corrected chi connectivity index (χ4v) is 1.54. The molecule has 2 N–H and O–H groups in total. The van der Waals surface area contributed by atoms with Crippen LogP contribution in [0.25, 0.3) is 0 Å². The van der Waals surface area contributed by atoms with Crippen molar-refractivity contribution in [3.63, 3.8) is 0 Å². The number of hydrogen-bond donors (Lipinski definition) is 1. The van der Waals surface area contributed by atoms with E-state index < -0.39 is 5.97 Å². The molecule has 0 radical (unpaired) electrons. The molecule has 0 saturated heterocycles. The Kier molecular flexibility index (Phi) is 3.80. The van der Waals surface area contributed by atoms with Crippen LogP contribution in [0, 0.1) is 0 Å². The van der Waals surface area contributed by atoms with Crippen molar-refractivity contribution in [2.45, 2.75) is 20.0 Å². The summed E-state index contributed by atoms with van der Waals surface area (Å²) in [5.41, 5.74) is 6.21. The van der Waals surface area contributed by atoms with Crippen LogP contribution < -0.4 is 5.73 Å². The van der Waals surface area contributed by atoms with Crippen molar-refractivity contribution in [3.05, 3.63) is 17.2 Å². The Morgan fingerprint density at radius 2 is 2.16 bits per heavy atom. The van der Waals surface area contributed by atoms with Crippen molar-refractivity contribution in [3.8, 4) is 0 Å². The second kappa shape index (κ2) is 5.52. The third kappa shape index (κ3) is 2.73. The molecule has 2 heterocycles. The van der Waals surface area contributed by atoms with Gasteiger partial charge in [-0.05, 0) is 12.1 Å². The number of carbonyl (C=O) groups is 1. The molecule has 0 saturated carbocycles. The summed E-state index contributed by atoms with van der Waals surface area (Å²) in [6.07, 6.45) is 0. The normalized spacial score (nSPS) is 10.7. The standard InChI is InChI=1S/C9H14N8O2/c1-3-19-9(18)8-6(4-10)17(15-12-8)5-7-11-14-16(2)13-7/h3-5,10H2,1-2H3. The molecule has 10 nitrogen and oxygen atoms in total. The summed E-state index contributed by atoms with van der Waals surface area (Å²) in [6.45, 7) is 2.34. The molecular formula is C9H14N8O2. The van der Waals surface area contributed by atoms with Crippen molar-refractivity contribution in [2.24, 2.45) is 12.8 Å². The largest absolute Gasteiger partial charge is 0.461 e. The molecule has 0 fully saturated rings. The molecule has 2 rings (SSSR count). The van der Waals surface area contributed by atoms with Gasteiger partial charge in [0.1, 0.15) is 6.54 Å². The number of esters is 1. The van der Waals surface area contributed by atoms with Gasteiger partial charge < -0.3 is 10.5 Å². The first kappa shape index (κ1) is 13.1. The molecule has 0 aliphatic carbocycles. The highest BCUT2D eigenvalue weighted by Crippen LogP contribution is 2.07. The summed E-state index contributed by atoms with van der Waals surface area (Å²) in [7, 11) is 1.66. The Morgan fingerprint density at radius 3 is 2.74 bits per heavy atom. The molecule has 0 aromatic carbocycles. The van der Waals surface area contributed by atoms with E-state index in [2.05, 4.69) is 25.7 Å². The average molecular weight is 266 g/mol. The lowest BCUT2D eigenvalue weighted by Crippen LogP contribution is -2.15. The maximum absolute atomic E-state index is 11.7. The topological polar surface area (TPSA) is 127 Å². The molecule has 0 aliphatic heterocycles. The molecule has 10 heteroatoms. The summed E-state index contributed by atoms with van der Waals surface area (Å²) in [5.74, 6) is -0.0844. The van der Waals surface area contributed by atoms with Crippen molar-refractivity contribution >= 4 is 5.97 Å². The highest BCUT2D eigenvalue weighted by atomic mass is 16.5. The van der Waals surface area contributed by atoms with E-state index in [-0.39, 0.29) is 25.4 Å². The van der Waals surface area contributed by atoms with Crippen LogP contribution in [0.1, 0.15) is 28.9 Å². The van der Waals surface area contributed by atoms with E-state index in [1.807, 2.05) is 0 Å². The Bertz CT molecular complexity index is 575. The SMILES string of the molecule is CCOC(=O)c1nnn(Cc2nnn(C)n2)c1CN. The van der Waals surface area contributed by atoms with Crippen molar-refractivity contribution in [1.29, 1.82) is 0 Å². The van der Waals surface area contributed by atoms with E-state index in [4.69, 9.17) is 10.5 Å². The summed E-state index contributed by atoms with van der Waals surface area (Å²) < 4.78 is 6.34. The van der Waals surface area contributed by atoms with Gasteiger partial charge in [0, 0.05) is 6.54 Å². The van der Waals surface area contributed by atoms with E-state index in [9.17, 15) is 4.79 Å². The van der Waals surface area contributed by atoms with Gasteiger partial charge in [-0.3, -0.25) is 0 Å². The fraction of sp³-hybridized carbons (Fsp3) is 0.556. The number of carbonyl (C=O) groups excluding carboxylic acids is 1. The summed E-state index contributed by atoms with van der Waals surface area (Å²) in [6, 6.07) is 0. The zero-order chi connectivity index (χ0) is 13.8. The second-order valence-electron chi connectivity index (χ2n) is 3.66. The molecule has 19 heavy (non-hydrogen) atoms. The third-order valence-corrected chi connectivity index (χ3v) is 2.34. The molecule has 0 unspecified atom stereocenters. The molecule has 0 spiro atoms. The minimum Gasteiger partial charge on any atom is -0.461 e. The van der Waals surface area contributed by atoms with Gasteiger partial charge in [0.2, 0.25) is 0 Å². The van der Waals surface area contributed by atoms with Crippen LogP contribution in [-0.2, 0) is 24.9 Å². The Balaban J connectivity index is 2.24. The van der Waals surface area contributed by atoms with Crippen LogP contribution >= 0.6 is 0 Å². The summed E-state index contributed by atoms with van der Waals surface area (Å²) >= 11 is 0. The zero-order valence-corrected chi connectivity index (χ0v) is 10.6. The van der Waals surface area contributed by atoms with Crippen molar-refractivity contribution < 1.29 is 9.53 Å². The Labute approximate surface area is 108 Å². The lowest BCUT2D eigenvalue weighted by atomic mass is 10.3. The van der Waals surface area contributed by atoms with Crippen molar-refractivity contribution in [2.75, 3.05) is 6.61 Å². The highest BCUT2D eigenvalue weighted by Gasteiger charge is 2.20. The van der Waals surface area contributed by atoms with Crippen LogP contribution in [0.5, 0.6) is 0 Å². The van der Waals surface area contributed by atoms with Crippen LogP contribution in [0.15, 0.2) is 0 Å². The van der Waals surface area contributed by atoms with E-state index >= 15 is 0 Å². The van der Waals surface area contributed by atoms with Crippen molar-refractivity contribution in [1.82, 2.24) is 35.2 Å². The number of nitrogens with two attached hydrogens (primary N) is 1. The molecule has 2 aromatic rings. The zero-order valence-electron chi connectivity index (χ0n) is 10.6. The predicted octanol–water partition coefficient (Wildman–Crippen LogP) is -1.51. The first-order chi connectivity index (χ1) is 9.15. The lowest BCUT2D eigenvalue weighted by Gasteiger charge is -2.03. The van der Waals surface area contributed by atoms with Gasteiger partial charge in [-0.15, -0.1) is 15.3 Å². The highest BCUT2D eigenvalue weighted by molar-refractivity contribution is 5.88. The minimum absolute atomic E-state index is 0.113. The molecule has 102 valence electrons. The first-order valence-electron chi connectivity index (χ1n) is 5.68.